The van der Waals surface area contributed by atoms with Gasteiger partial charge in [0.1, 0.15) is 0 Å². The first-order valence-electron chi connectivity index (χ1n) is 4.79. The summed E-state index contributed by atoms with van der Waals surface area (Å²) in [4.78, 5) is 0. The molecule has 2 aromatic rings. The van der Waals surface area contributed by atoms with Crippen LogP contribution in [0, 0.1) is 6.92 Å². The molecule has 1 heterocycles. The number of hydrogen-bond acceptors (Lipinski definition) is 1. The molecule has 1 aromatic heterocycles. The van der Waals surface area contributed by atoms with Crippen LogP contribution in [0.1, 0.15) is 5.82 Å². The zero-order valence-electron chi connectivity index (χ0n) is 9.14. The molecule has 78 valence electrons. The van der Waals surface area contributed by atoms with E-state index in [1.54, 1.807) is 0 Å². The Kier molecular flexibility index (Phi) is 2.89. The van der Waals surface area contributed by atoms with Crippen LogP contribution < -0.4 is 9.29 Å². The third-order valence-electron chi connectivity index (χ3n) is 2.42. The van der Waals surface area contributed by atoms with Crippen LogP contribution in [0.2, 0.25) is 5.82 Å². The number of benzene rings is 1. The molecule has 1 aromatic carbocycles. The Morgan fingerprint density at radius 3 is 2.53 bits per heavy atom. The van der Waals surface area contributed by atoms with Gasteiger partial charge in [-0.25, -0.2) is 0 Å². The second-order valence-electron chi connectivity index (χ2n) is 3.33. The summed E-state index contributed by atoms with van der Waals surface area (Å²) in [6.07, 6.45) is 0. The third kappa shape index (κ3) is 1.83. The molecule has 0 aliphatic carbocycles. The molecule has 0 amide bonds. The molecule has 15 heavy (non-hydrogen) atoms. The van der Waals surface area contributed by atoms with E-state index in [0.29, 0.717) is 15.0 Å². The van der Waals surface area contributed by atoms with Crippen LogP contribution in [0.15, 0.2) is 30.3 Å². The molecule has 0 N–H and O–H groups in total. The van der Waals surface area contributed by atoms with Crippen molar-refractivity contribution < 1.29 is 4.57 Å². The number of nitrogens with zero attached hydrogens (tertiary/aromatic N) is 3. The molecule has 0 atom stereocenters. The Balaban J connectivity index is 2.61. The van der Waals surface area contributed by atoms with Gasteiger partial charge in [-0.05, 0) is 0 Å². The molecule has 0 saturated carbocycles. The van der Waals surface area contributed by atoms with E-state index in [9.17, 15) is 0 Å². The summed E-state index contributed by atoms with van der Waals surface area (Å²) in [5, 5.41) is 4.51. The van der Waals surface area contributed by atoms with Gasteiger partial charge < -0.3 is 0 Å². The van der Waals surface area contributed by atoms with E-state index in [-0.39, 0.29) is 0 Å². The predicted molar refractivity (Wildman–Crippen MR) is 60.7 cm³/mol. The Labute approximate surface area is 95.9 Å². The van der Waals surface area contributed by atoms with Crippen molar-refractivity contribution in [3.05, 3.63) is 36.2 Å². The molecule has 0 unspecified atom stereocenters. The van der Waals surface area contributed by atoms with E-state index >= 15 is 0 Å². The molecular formula is C11H14N3Se+. The summed E-state index contributed by atoms with van der Waals surface area (Å²) < 4.78 is 5.32. The molecule has 4 heteroatoms. The third-order valence-corrected chi connectivity index (χ3v) is 3.74. The van der Waals surface area contributed by atoms with Crippen molar-refractivity contribution in [3.8, 4) is 5.69 Å². The van der Waals surface area contributed by atoms with Crippen LogP contribution in [0.3, 0.4) is 0 Å². The van der Waals surface area contributed by atoms with Gasteiger partial charge in [0.15, 0.2) is 0 Å². The van der Waals surface area contributed by atoms with E-state index in [1.807, 2.05) is 17.8 Å². The second kappa shape index (κ2) is 4.17. The Bertz CT molecular complexity index is 462. The van der Waals surface area contributed by atoms with Crippen LogP contribution in [0.4, 0.5) is 0 Å². The predicted octanol–water partition coefficient (Wildman–Crippen LogP) is 0.383. The van der Waals surface area contributed by atoms with Crippen LogP contribution in [0.25, 0.3) is 5.69 Å². The Hall–Kier alpha value is -1.12. The number of hydrogen-bond donors (Lipinski definition) is 0. The Morgan fingerprint density at radius 2 is 1.93 bits per heavy atom. The first kappa shape index (κ1) is 10.4. The molecule has 3 nitrogen and oxygen atoms in total. The number of para-hydroxylation sites is 1. The van der Waals surface area contributed by atoms with Gasteiger partial charge in [0.05, 0.1) is 0 Å². The summed E-state index contributed by atoms with van der Waals surface area (Å²) in [5.41, 5.74) is 1.20. The monoisotopic (exact) mass is 268 g/mol. The summed E-state index contributed by atoms with van der Waals surface area (Å²) in [6, 6.07) is 10.4. The van der Waals surface area contributed by atoms with Gasteiger partial charge >= 0.3 is 95.7 Å². The van der Waals surface area contributed by atoms with E-state index in [0.717, 1.165) is 4.72 Å². The zero-order valence-corrected chi connectivity index (χ0v) is 10.8. The fraction of sp³-hybridized carbons (Fsp3) is 0.273. The fourth-order valence-corrected chi connectivity index (χ4v) is 2.84. The first-order chi connectivity index (χ1) is 7.24. The van der Waals surface area contributed by atoms with Crippen molar-refractivity contribution in [2.75, 3.05) is 0 Å². The number of rotatable bonds is 2. The van der Waals surface area contributed by atoms with Gasteiger partial charge in [-0.1, -0.05) is 0 Å². The summed E-state index contributed by atoms with van der Waals surface area (Å²) in [5.74, 6) is 3.36. The van der Waals surface area contributed by atoms with Crippen molar-refractivity contribution >= 4 is 19.7 Å². The molecule has 2 rings (SSSR count). The van der Waals surface area contributed by atoms with Crippen LogP contribution in [-0.2, 0) is 7.05 Å². The number of aryl methyl sites for hydroxylation is 1. The zero-order chi connectivity index (χ0) is 10.8. The summed E-state index contributed by atoms with van der Waals surface area (Å²) >= 11 is 0.405. The molecular weight excluding hydrogens is 253 g/mol. The van der Waals surface area contributed by atoms with Crippen LogP contribution in [-0.4, -0.2) is 24.7 Å². The fourth-order valence-electron chi connectivity index (χ4n) is 1.53. The first-order valence-corrected chi connectivity index (χ1v) is 7.36. The molecule has 0 aliphatic heterocycles. The van der Waals surface area contributed by atoms with Crippen LogP contribution in [0.5, 0.6) is 0 Å². The van der Waals surface area contributed by atoms with Crippen LogP contribution >= 0.6 is 0 Å². The minimum absolute atomic E-state index is 0.405. The average molecular weight is 267 g/mol. The van der Waals surface area contributed by atoms with Crippen molar-refractivity contribution in [1.29, 1.82) is 0 Å². The van der Waals surface area contributed by atoms with Gasteiger partial charge in [0.2, 0.25) is 0 Å². The molecule has 0 radical (unpaired) electrons. The molecule has 0 spiro atoms. The van der Waals surface area contributed by atoms with E-state index < -0.39 is 0 Å². The standard InChI is InChI=1S/C11H14N3Se/c1-9-13(2)12-11(15-3)14(9)10-7-5-4-6-8-10/h4-8H,1-3H3/q+1. The SMILES string of the molecule is C[Se]c1nn(C)c(C)[n+]1-c1ccccc1. The quantitative estimate of drug-likeness (QED) is 0.569. The summed E-state index contributed by atoms with van der Waals surface area (Å²) in [7, 11) is 1.99. The number of aromatic nitrogens is 3. The molecule has 0 bridgehead atoms. The van der Waals surface area contributed by atoms with Gasteiger partial charge in [-0.15, -0.1) is 0 Å². The van der Waals surface area contributed by atoms with Crippen molar-refractivity contribution in [1.82, 2.24) is 9.78 Å². The molecule has 0 aliphatic rings. The second-order valence-corrected chi connectivity index (χ2v) is 4.95. The van der Waals surface area contributed by atoms with Crippen molar-refractivity contribution in [3.63, 3.8) is 0 Å². The Morgan fingerprint density at radius 1 is 1.27 bits per heavy atom. The molecule has 0 fully saturated rings. The van der Waals surface area contributed by atoms with Crippen molar-refractivity contribution in [2.24, 2.45) is 7.05 Å². The maximum absolute atomic E-state index is 4.51. The summed E-state index contributed by atoms with van der Waals surface area (Å²) in [6.45, 7) is 2.09. The maximum atomic E-state index is 4.51. The van der Waals surface area contributed by atoms with Gasteiger partial charge in [-0.3, -0.25) is 0 Å². The van der Waals surface area contributed by atoms with Gasteiger partial charge in [-0.2, -0.15) is 0 Å². The van der Waals surface area contributed by atoms with Crippen molar-refractivity contribution in [2.45, 2.75) is 12.7 Å². The topological polar surface area (TPSA) is 21.7 Å². The minimum atomic E-state index is 0.405. The van der Waals surface area contributed by atoms with Gasteiger partial charge in [0.25, 0.3) is 0 Å². The van der Waals surface area contributed by atoms with E-state index in [4.69, 9.17) is 0 Å². The van der Waals surface area contributed by atoms with Gasteiger partial charge in [0, 0.05) is 0 Å². The molecule has 0 saturated heterocycles. The van der Waals surface area contributed by atoms with E-state index in [1.165, 1.54) is 11.5 Å². The average Bonchev–Trinajstić information content (AvgIpc) is 2.56. The van der Waals surface area contributed by atoms with E-state index in [2.05, 4.69) is 46.7 Å². The normalized spacial score (nSPS) is 10.6.